The van der Waals surface area contributed by atoms with Gasteiger partial charge in [-0.2, -0.15) is 0 Å². The molecule has 0 saturated carbocycles. The minimum absolute atomic E-state index is 0.00463. The van der Waals surface area contributed by atoms with Crippen LogP contribution in [-0.4, -0.2) is 50.5 Å². The van der Waals surface area contributed by atoms with Crippen molar-refractivity contribution >= 4 is 45.4 Å². The quantitative estimate of drug-likeness (QED) is 0.436. The molecule has 1 N–H and O–H groups in total. The Labute approximate surface area is 134 Å². The molecule has 0 spiro atoms. The van der Waals surface area contributed by atoms with Crippen molar-refractivity contribution in [3.05, 3.63) is 0 Å². The van der Waals surface area contributed by atoms with Gasteiger partial charge in [0.2, 0.25) is 5.91 Å². The second-order valence-electron chi connectivity index (χ2n) is 2.92. The van der Waals surface area contributed by atoms with E-state index in [-0.39, 0.29) is 11.9 Å². The first-order valence-electron chi connectivity index (χ1n) is 5.57. The second kappa shape index (κ2) is 23.8. The molecule has 0 unspecified atom stereocenters. The molecule has 0 heterocycles. The standard InChI is InChI=1S/C4H6O3.C3H7NO.C3H6O2.C2H6S2/c1-3(5)7-4(2)6;1-3(5)4-2;1-3(4)5-2;1-3-4-2/h1-2H3;1-2H3,(H,4,5);1-2H3;1-2H3. The number of esters is 3. The van der Waals surface area contributed by atoms with E-state index >= 15 is 0 Å². The zero-order chi connectivity index (χ0) is 17.8. The molecule has 0 atom stereocenters. The van der Waals surface area contributed by atoms with E-state index in [1.165, 1.54) is 34.8 Å². The maximum Gasteiger partial charge on any atom is 0.310 e. The fraction of sp³-hybridized carbons (Fsp3) is 0.667. The Kier molecular flexibility index (Phi) is 31.8. The highest BCUT2D eigenvalue weighted by Gasteiger charge is 1.93. The number of amides is 1. The van der Waals surface area contributed by atoms with Crippen molar-refractivity contribution in [2.24, 2.45) is 0 Å². The van der Waals surface area contributed by atoms with Gasteiger partial charge in [0.1, 0.15) is 0 Å². The van der Waals surface area contributed by atoms with Gasteiger partial charge in [0.25, 0.3) is 0 Å². The summed E-state index contributed by atoms with van der Waals surface area (Å²) in [5.41, 5.74) is 0. The van der Waals surface area contributed by atoms with Crippen molar-refractivity contribution in [1.82, 2.24) is 5.32 Å². The molecule has 0 aliphatic heterocycles. The lowest BCUT2D eigenvalue weighted by atomic mass is 10.7. The molecule has 0 aromatic rings. The summed E-state index contributed by atoms with van der Waals surface area (Å²) in [5, 5.41) is 2.39. The topological polar surface area (TPSA) is 98.8 Å². The predicted octanol–water partition coefficient (Wildman–Crippen LogP) is 1.65. The van der Waals surface area contributed by atoms with Crippen molar-refractivity contribution in [2.75, 3.05) is 26.7 Å². The van der Waals surface area contributed by atoms with Crippen LogP contribution in [0.3, 0.4) is 0 Å². The Morgan fingerprint density at radius 1 is 0.810 bits per heavy atom. The first kappa shape index (κ1) is 28.0. The lowest BCUT2D eigenvalue weighted by molar-refractivity contribution is -0.156. The number of nitrogens with one attached hydrogen (secondary N) is 1. The molecular weight excluding hydrogens is 318 g/mol. The van der Waals surface area contributed by atoms with Crippen LogP contribution in [0.5, 0.6) is 0 Å². The van der Waals surface area contributed by atoms with Crippen LogP contribution in [0.25, 0.3) is 0 Å². The Hall–Kier alpha value is -1.22. The molecule has 126 valence electrons. The largest absolute Gasteiger partial charge is 0.469 e. The minimum atomic E-state index is -0.562. The number of methoxy groups -OCH3 is 1. The van der Waals surface area contributed by atoms with Gasteiger partial charge in [0, 0.05) is 34.7 Å². The maximum absolute atomic E-state index is 9.81. The molecule has 0 aliphatic carbocycles. The van der Waals surface area contributed by atoms with E-state index in [0.29, 0.717) is 0 Å². The van der Waals surface area contributed by atoms with E-state index in [9.17, 15) is 19.2 Å². The van der Waals surface area contributed by atoms with Crippen LogP contribution in [-0.2, 0) is 28.7 Å². The lowest BCUT2D eigenvalue weighted by Crippen LogP contribution is -2.11. The molecule has 0 aromatic carbocycles. The van der Waals surface area contributed by atoms with E-state index in [4.69, 9.17) is 0 Å². The third-order valence-electron chi connectivity index (χ3n) is 1.09. The SMILES string of the molecule is CC(=O)OC(C)=O.CNC(C)=O.COC(C)=O.CSSC. The van der Waals surface area contributed by atoms with Gasteiger partial charge in [0.05, 0.1) is 7.11 Å². The number of rotatable bonds is 1. The van der Waals surface area contributed by atoms with Crippen molar-refractivity contribution in [3.8, 4) is 0 Å². The van der Waals surface area contributed by atoms with E-state index in [0.717, 1.165) is 0 Å². The van der Waals surface area contributed by atoms with Crippen molar-refractivity contribution in [2.45, 2.75) is 27.7 Å². The fourth-order valence-corrected chi connectivity index (χ4v) is 0.202. The third kappa shape index (κ3) is 87.4. The van der Waals surface area contributed by atoms with Crippen LogP contribution in [0, 0.1) is 0 Å². The van der Waals surface area contributed by atoms with Gasteiger partial charge < -0.3 is 14.8 Å². The highest BCUT2D eigenvalue weighted by molar-refractivity contribution is 8.76. The first-order valence-corrected chi connectivity index (χ1v) is 8.54. The Bertz CT molecular complexity index is 269. The van der Waals surface area contributed by atoms with Crippen LogP contribution in [0.2, 0.25) is 0 Å². The van der Waals surface area contributed by atoms with Gasteiger partial charge >= 0.3 is 17.9 Å². The number of hydrogen-bond donors (Lipinski definition) is 1. The normalized spacial score (nSPS) is 7.24. The Morgan fingerprint density at radius 3 is 1.05 bits per heavy atom. The summed E-state index contributed by atoms with van der Waals surface area (Å²) in [7, 11) is 6.50. The first-order chi connectivity index (χ1) is 9.58. The molecule has 0 saturated heterocycles. The average Bonchev–Trinajstić information content (AvgIpc) is 2.38. The molecule has 0 aromatic heterocycles. The maximum atomic E-state index is 9.81. The number of carbonyl (C=O) groups is 4. The van der Waals surface area contributed by atoms with Gasteiger partial charge in [-0.05, 0) is 12.5 Å². The molecule has 0 rings (SSSR count). The molecule has 0 bridgehead atoms. The highest BCUT2D eigenvalue weighted by atomic mass is 33.1. The summed E-state index contributed by atoms with van der Waals surface area (Å²) in [6, 6.07) is 0. The zero-order valence-electron chi connectivity index (χ0n) is 13.8. The smallest absolute Gasteiger partial charge is 0.310 e. The average molecular weight is 343 g/mol. The Morgan fingerprint density at radius 2 is 1.05 bits per heavy atom. The van der Waals surface area contributed by atoms with Crippen LogP contribution < -0.4 is 5.32 Å². The van der Waals surface area contributed by atoms with Crippen LogP contribution in [0.15, 0.2) is 0 Å². The monoisotopic (exact) mass is 343 g/mol. The molecule has 9 heteroatoms. The van der Waals surface area contributed by atoms with Crippen molar-refractivity contribution < 1.29 is 28.7 Å². The van der Waals surface area contributed by atoms with E-state index in [2.05, 4.69) is 27.3 Å². The van der Waals surface area contributed by atoms with Gasteiger partial charge in [-0.1, -0.05) is 21.6 Å². The summed E-state index contributed by atoms with van der Waals surface area (Å²) in [5.74, 6) is -1.37. The lowest BCUT2D eigenvalue weighted by Gasteiger charge is -1.87. The molecule has 0 radical (unpaired) electrons. The molecular formula is C12H25NO6S2. The third-order valence-corrected chi connectivity index (χ3v) is 2.43. The fourth-order valence-electron chi connectivity index (χ4n) is 0.202. The molecule has 1 amide bonds. The summed E-state index contributed by atoms with van der Waals surface area (Å²) >= 11 is 0. The summed E-state index contributed by atoms with van der Waals surface area (Å²) in [6.45, 7) is 5.20. The van der Waals surface area contributed by atoms with Crippen molar-refractivity contribution in [1.29, 1.82) is 0 Å². The second-order valence-corrected chi connectivity index (χ2v) is 5.59. The number of ether oxygens (including phenoxy) is 2. The van der Waals surface area contributed by atoms with Crippen molar-refractivity contribution in [3.63, 3.8) is 0 Å². The minimum Gasteiger partial charge on any atom is -0.469 e. The van der Waals surface area contributed by atoms with Crippen LogP contribution >= 0.6 is 21.6 Å². The zero-order valence-corrected chi connectivity index (χ0v) is 15.4. The molecule has 0 fully saturated rings. The predicted molar refractivity (Wildman–Crippen MR) is 86.9 cm³/mol. The van der Waals surface area contributed by atoms with E-state index in [1.807, 2.05) is 0 Å². The van der Waals surface area contributed by atoms with Gasteiger partial charge in [-0.25, -0.2) is 0 Å². The van der Waals surface area contributed by atoms with Gasteiger partial charge in [-0.15, -0.1) is 0 Å². The highest BCUT2D eigenvalue weighted by Crippen LogP contribution is 2.09. The molecule has 7 nitrogen and oxygen atoms in total. The van der Waals surface area contributed by atoms with E-state index in [1.54, 1.807) is 28.6 Å². The Balaban J connectivity index is -0.0000000939. The van der Waals surface area contributed by atoms with E-state index < -0.39 is 11.9 Å². The number of hydrogen-bond acceptors (Lipinski definition) is 8. The molecule has 0 aliphatic rings. The summed E-state index contributed by atoms with van der Waals surface area (Å²) < 4.78 is 8.08. The van der Waals surface area contributed by atoms with Crippen LogP contribution in [0.4, 0.5) is 0 Å². The summed E-state index contributed by atoms with van der Waals surface area (Å²) in [4.78, 5) is 38.9. The van der Waals surface area contributed by atoms with Gasteiger partial charge in [-0.3, -0.25) is 19.2 Å². The van der Waals surface area contributed by atoms with Crippen LogP contribution in [0.1, 0.15) is 27.7 Å². The summed E-state index contributed by atoms with van der Waals surface area (Å²) in [6.07, 6.45) is 4.12. The molecule has 21 heavy (non-hydrogen) atoms. The number of carbonyl (C=O) groups excluding carboxylic acids is 4. The van der Waals surface area contributed by atoms with Gasteiger partial charge in [0.15, 0.2) is 0 Å².